The van der Waals surface area contributed by atoms with Crippen molar-refractivity contribution in [3.8, 4) is 0 Å². The van der Waals surface area contributed by atoms with Gasteiger partial charge in [-0.2, -0.15) is 0 Å². The predicted molar refractivity (Wildman–Crippen MR) is 85.6 cm³/mol. The van der Waals surface area contributed by atoms with Gasteiger partial charge in [-0.1, -0.05) is 6.42 Å². The van der Waals surface area contributed by atoms with Gasteiger partial charge in [-0.05, 0) is 26.7 Å². The Kier molecular flexibility index (Phi) is 8.92. The molecular formula is C16H29N3O3. The Balaban J connectivity index is 2.04. The van der Waals surface area contributed by atoms with Crippen LogP contribution in [0.1, 0.15) is 39.5 Å². The summed E-state index contributed by atoms with van der Waals surface area (Å²) in [5.41, 5.74) is 0. The summed E-state index contributed by atoms with van der Waals surface area (Å²) in [5, 5.41) is 6.19. The van der Waals surface area contributed by atoms with Crippen LogP contribution in [0.2, 0.25) is 0 Å². The first-order valence-electron chi connectivity index (χ1n) is 8.21. The van der Waals surface area contributed by atoms with Crippen LogP contribution in [0.15, 0.2) is 0 Å². The van der Waals surface area contributed by atoms with Crippen molar-refractivity contribution in [1.29, 1.82) is 0 Å². The lowest BCUT2D eigenvalue weighted by atomic mass is 9.94. The smallest absolute Gasteiger partial charge is 0.221 e. The van der Waals surface area contributed by atoms with Gasteiger partial charge in [0.15, 0.2) is 0 Å². The van der Waals surface area contributed by atoms with Crippen LogP contribution in [0.25, 0.3) is 0 Å². The van der Waals surface area contributed by atoms with E-state index < -0.39 is 5.92 Å². The Bertz CT molecular complexity index is 365. The molecular weight excluding hydrogens is 282 g/mol. The second-order valence-corrected chi connectivity index (χ2v) is 5.96. The van der Waals surface area contributed by atoms with Gasteiger partial charge in [0, 0.05) is 45.7 Å². The van der Waals surface area contributed by atoms with Gasteiger partial charge in [-0.25, -0.2) is 0 Å². The zero-order chi connectivity index (χ0) is 16.4. The zero-order valence-electron chi connectivity index (χ0n) is 13.8. The summed E-state index contributed by atoms with van der Waals surface area (Å²) in [4.78, 5) is 36.6. The lowest BCUT2D eigenvalue weighted by Crippen LogP contribution is -2.44. The topological polar surface area (TPSA) is 78.5 Å². The average molecular weight is 311 g/mol. The molecule has 0 aromatic carbocycles. The summed E-state index contributed by atoms with van der Waals surface area (Å²) in [5.74, 6) is -0.517. The molecule has 1 heterocycles. The van der Waals surface area contributed by atoms with Crippen molar-refractivity contribution in [3.05, 3.63) is 0 Å². The van der Waals surface area contributed by atoms with E-state index in [1.807, 2.05) is 0 Å². The fourth-order valence-corrected chi connectivity index (χ4v) is 2.68. The number of hydrogen-bond acceptors (Lipinski definition) is 5. The average Bonchev–Trinajstić information content (AvgIpc) is 2.49. The second kappa shape index (κ2) is 10.5. The van der Waals surface area contributed by atoms with E-state index in [0.717, 1.165) is 45.6 Å². The van der Waals surface area contributed by atoms with Gasteiger partial charge in [0.25, 0.3) is 0 Å². The largest absolute Gasteiger partial charge is 0.356 e. The van der Waals surface area contributed by atoms with Crippen LogP contribution in [0.5, 0.6) is 0 Å². The van der Waals surface area contributed by atoms with Crippen molar-refractivity contribution < 1.29 is 14.4 Å². The highest BCUT2D eigenvalue weighted by Gasteiger charge is 2.18. The minimum Gasteiger partial charge on any atom is -0.356 e. The van der Waals surface area contributed by atoms with Gasteiger partial charge < -0.3 is 15.5 Å². The fourth-order valence-electron chi connectivity index (χ4n) is 2.68. The van der Waals surface area contributed by atoms with Crippen molar-refractivity contribution in [2.24, 2.45) is 5.92 Å². The number of rotatable bonds is 10. The molecule has 6 nitrogen and oxygen atoms in total. The first-order chi connectivity index (χ1) is 10.5. The minimum absolute atomic E-state index is 0.0624. The Hall–Kier alpha value is -1.27. The highest BCUT2D eigenvalue weighted by Crippen LogP contribution is 2.10. The number of nitrogens with zero attached hydrogens (tertiary/aromatic N) is 1. The number of carbonyl (C=O) groups excluding carboxylic acids is 3. The van der Waals surface area contributed by atoms with Crippen LogP contribution in [-0.2, 0) is 14.4 Å². The molecule has 1 aliphatic heterocycles. The molecule has 0 aromatic heterocycles. The zero-order valence-corrected chi connectivity index (χ0v) is 13.8. The number of piperazine rings is 1. The monoisotopic (exact) mass is 311 g/mol. The third kappa shape index (κ3) is 7.66. The summed E-state index contributed by atoms with van der Waals surface area (Å²) < 4.78 is 0. The van der Waals surface area contributed by atoms with Crippen LogP contribution in [0.4, 0.5) is 0 Å². The Morgan fingerprint density at radius 3 is 2.32 bits per heavy atom. The van der Waals surface area contributed by atoms with E-state index in [1.54, 1.807) is 0 Å². The van der Waals surface area contributed by atoms with Crippen molar-refractivity contribution >= 4 is 17.5 Å². The maximum Gasteiger partial charge on any atom is 0.221 e. The van der Waals surface area contributed by atoms with E-state index in [0.29, 0.717) is 19.4 Å². The molecule has 0 aromatic rings. The van der Waals surface area contributed by atoms with Crippen LogP contribution in [0.3, 0.4) is 0 Å². The van der Waals surface area contributed by atoms with Crippen molar-refractivity contribution in [2.75, 3.05) is 39.3 Å². The molecule has 1 amide bonds. The molecule has 0 radical (unpaired) electrons. The molecule has 1 saturated heterocycles. The Morgan fingerprint density at radius 1 is 1.09 bits per heavy atom. The van der Waals surface area contributed by atoms with E-state index in [4.69, 9.17) is 0 Å². The van der Waals surface area contributed by atoms with Crippen LogP contribution in [-0.4, -0.2) is 61.6 Å². The minimum atomic E-state index is -0.469. The lowest BCUT2D eigenvalue weighted by Gasteiger charge is -2.26. The molecule has 22 heavy (non-hydrogen) atoms. The Labute approximate surface area is 133 Å². The number of amides is 1. The molecule has 0 spiro atoms. The van der Waals surface area contributed by atoms with Crippen molar-refractivity contribution in [2.45, 2.75) is 39.5 Å². The summed E-state index contributed by atoms with van der Waals surface area (Å²) in [6.07, 6.45) is 2.70. The van der Waals surface area contributed by atoms with E-state index in [9.17, 15) is 14.4 Å². The van der Waals surface area contributed by atoms with E-state index in [-0.39, 0.29) is 17.5 Å². The number of hydrogen-bond donors (Lipinski definition) is 2. The van der Waals surface area contributed by atoms with Gasteiger partial charge in [0.05, 0.1) is 5.92 Å². The highest BCUT2D eigenvalue weighted by atomic mass is 16.2. The summed E-state index contributed by atoms with van der Waals surface area (Å²) in [6.45, 7) is 8.35. The first-order valence-corrected chi connectivity index (χ1v) is 8.21. The SMILES string of the molecule is CC(=O)C(CCCCNC(=O)CCN1CCNCC1)C(C)=O. The lowest BCUT2D eigenvalue weighted by molar-refractivity contribution is -0.130. The predicted octanol–water partition coefficient (Wildman–Crippen LogP) is 0.362. The standard InChI is InChI=1S/C16H29N3O3/c1-13(20)15(14(2)21)5-3-4-7-18-16(22)6-10-19-11-8-17-9-12-19/h15,17H,3-12H2,1-2H3,(H,18,22). The maximum atomic E-state index is 11.7. The normalized spacial score (nSPS) is 15.8. The number of Topliss-reactive ketones (excluding diaryl/α,β-unsaturated/α-hetero) is 2. The van der Waals surface area contributed by atoms with Crippen LogP contribution in [0, 0.1) is 5.92 Å². The third-order valence-corrected chi connectivity index (χ3v) is 4.09. The molecule has 0 saturated carbocycles. The summed E-state index contributed by atoms with van der Waals surface area (Å²) in [7, 11) is 0. The van der Waals surface area contributed by atoms with Gasteiger partial charge >= 0.3 is 0 Å². The molecule has 1 rings (SSSR count). The maximum absolute atomic E-state index is 11.7. The third-order valence-electron chi connectivity index (χ3n) is 4.09. The fraction of sp³-hybridized carbons (Fsp3) is 0.812. The molecule has 2 N–H and O–H groups in total. The molecule has 6 heteroatoms. The van der Waals surface area contributed by atoms with Crippen molar-refractivity contribution in [1.82, 2.24) is 15.5 Å². The highest BCUT2D eigenvalue weighted by molar-refractivity contribution is 6.00. The Morgan fingerprint density at radius 2 is 1.73 bits per heavy atom. The molecule has 0 unspecified atom stereocenters. The van der Waals surface area contributed by atoms with Gasteiger partial charge in [0.1, 0.15) is 11.6 Å². The van der Waals surface area contributed by atoms with E-state index in [2.05, 4.69) is 15.5 Å². The molecule has 1 aliphatic rings. The summed E-state index contributed by atoms with van der Waals surface area (Å²) in [6, 6.07) is 0. The van der Waals surface area contributed by atoms with E-state index >= 15 is 0 Å². The van der Waals surface area contributed by atoms with Gasteiger partial charge in [-0.15, -0.1) is 0 Å². The van der Waals surface area contributed by atoms with E-state index in [1.165, 1.54) is 13.8 Å². The number of carbonyl (C=O) groups is 3. The first kappa shape index (κ1) is 18.8. The quantitative estimate of drug-likeness (QED) is 0.450. The van der Waals surface area contributed by atoms with Crippen LogP contribution >= 0.6 is 0 Å². The van der Waals surface area contributed by atoms with Crippen molar-refractivity contribution in [3.63, 3.8) is 0 Å². The number of unbranched alkanes of at least 4 members (excludes halogenated alkanes) is 1. The molecule has 0 bridgehead atoms. The second-order valence-electron chi connectivity index (χ2n) is 5.96. The van der Waals surface area contributed by atoms with Crippen LogP contribution < -0.4 is 10.6 Å². The number of ketones is 2. The molecule has 1 fully saturated rings. The molecule has 0 atom stereocenters. The molecule has 0 aliphatic carbocycles. The van der Waals surface area contributed by atoms with Gasteiger partial charge in [0.2, 0.25) is 5.91 Å². The van der Waals surface area contributed by atoms with Gasteiger partial charge in [-0.3, -0.25) is 14.4 Å². The summed E-state index contributed by atoms with van der Waals surface area (Å²) >= 11 is 0. The molecule has 126 valence electrons. The number of nitrogens with one attached hydrogen (secondary N) is 2.